The molecule has 0 spiro atoms. The molecule has 2 aliphatic rings. The van der Waals surface area contributed by atoms with E-state index in [1.54, 1.807) is 4.57 Å². The summed E-state index contributed by atoms with van der Waals surface area (Å²) in [5.74, 6) is -0.403. The Morgan fingerprint density at radius 1 is 1.29 bits per heavy atom. The van der Waals surface area contributed by atoms with Gasteiger partial charge in [-0.05, 0) is 37.6 Å². The zero-order chi connectivity index (χ0) is 22.1. The number of amides is 1. The number of nitrogens with one attached hydrogen (secondary N) is 1. The predicted molar refractivity (Wildman–Crippen MR) is 122 cm³/mol. The van der Waals surface area contributed by atoms with Crippen LogP contribution >= 0.6 is 11.6 Å². The van der Waals surface area contributed by atoms with Gasteiger partial charge in [0.1, 0.15) is 0 Å². The molecule has 1 saturated heterocycles. The number of nitrogens with zero attached hydrogens (tertiary/aromatic N) is 2. The lowest BCUT2D eigenvalue weighted by Crippen LogP contribution is -2.48. The van der Waals surface area contributed by atoms with E-state index in [9.17, 15) is 14.7 Å². The van der Waals surface area contributed by atoms with Crippen LogP contribution in [0.15, 0.2) is 47.3 Å². The Bertz CT molecular complexity index is 1060. The molecule has 0 unspecified atom stereocenters. The van der Waals surface area contributed by atoms with Gasteiger partial charge in [0.15, 0.2) is 0 Å². The summed E-state index contributed by atoms with van der Waals surface area (Å²) in [5, 5.41) is 13.9. The summed E-state index contributed by atoms with van der Waals surface area (Å²) >= 11 is 6.45. The van der Waals surface area contributed by atoms with Gasteiger partial charge >= 0.3 is 0 Å². The van der Waals surface area contributed by atoms with Gasteiger partial charge in [0.25, 0.3) is 5.56 Å². The highest BCUT2D eigenvalue weighted by Crippen LogP contribution is 2.50. The van der Waals surface area contributed by atoms with Crippen molar-refractivity contribution in [2.45, 2.75) is 39.0 Å². The molecule has 164 valence electrons. The number of likely N-dealkylation sites (N-methyl/N-ethyl adjacent to an activating group) is 1. The van der Waals surface area contributed by atoms with Crippen LogP contribution in [0.25, 0.3) is 6.08 Å². The maximum atomic E-state index is 13.1. The maximum absolute atomic E-state index is 13.1. The predicted octanol–water partition coefficient (Wildman–Crippen LogP) is 2.83. The third kappa shape index (κ3) is 3.73. The molecule has 1 aromatic carbocycles. The Kier molecular flexibility index (Phi) is 6.32. The molecule has 7 heteroatoms. The van der Waals surface area contributed by atoms with E-state index in [4.69, 9.17) is 11.6 Å². The van der Waals surface area contributed by atoms with E-state index in [2.05, 4.69) is 10.2 Å². The molecule has 2 aliphatic heterocycles. The van der Waals surface area contributed by atoms with Crippen LogP contribution in [0.5, 0.6) is 0 Å². The summed E-state index contributed by atoms with van der Waals surface area (Å²) in [5.41, 5.74) is 2.42. The SMILES string of the molecule is CC=Cc1ccc2n(c1=O)C[C@@H]1[C@@H](CO)[C@H](C(=O)NCC)N(Cc3ccccc3Cl)[C@H]21. The molecule has 0 saturated carbocycles. The van der Waals surface area contributed by atoms with Gasteiger partial charge in [-0.3, -0.25) is 14.5 Å². The minimum atomic E-state index is -0.490. The average molecular weight is 442 g/mol. The first kappa shape index (κ1) is 21.8. The van der Waals surface area contributed by atoms with Crippen molar-refractivity contribution in [2.24, 2.45) is 11.8 Å². The molecule has 2 N–H and O–H groups in total. The van der Waals surface area contributed by atoms with E-state index < -0.39 is 6.04 Å². The van der Waals surface area contributed by atoms with Gasteiger partial charge in [-0.1, -0.05) is 42.0 Å². The third-order valence-electron chi connectivity index (χ3n) is 6.50. The number of aliphatic hydroxyl groups excluding tert-OH is 1. The zero-order valence-electron chi connectivity index (χ0n) is 17.8. The molecule has 0 bridgehead atoms. The first-order chi connectivity index (χ1) is 15.0. The average Bonchev–Trinajstić information content (AvgIpc) is 3.27. The number of hydrogen-bond acceptors (Lipinski definition) is 4. The van der Waals surface area contributed by atoms with Crippen LogP contribution in [0.2, 0.25) is 5.02 Å². The minimum absolute atomic E-state index is 0.0334. The number of halogens is 1. The first-order valence-electron chi connectivity index (χ1n) is 10.8. The monoisotopic (exact) mass is 441 g/mol. The Morgan fingerprint density at radius 2 is 2.06 bits per heavy atom. The Balaban J connectivity index is 1.81. The number of benzene rings is 1. The van der Waals surface area contributed by atoms with Crippen molar-refractivity contribution < 1.29 is 9.90 Å². The van der Waals surface area contributed by atoms with Crippen molar-refractivity contribution in [3.63, 3.8) is 0 Å². The number of carbonyl (C=O) groups is 1. The van der Waals surface area contributed by atoms with Gasteiger partial charge in [0.2, 0.25) is 5.91 Å². The van der Waals surface area contributed by atoms with Gasteiger partial charge in [-0.2, -0.15) is 0 Å². The van der Waals surface area contributed by atoms with Gasteiger partial charge in [0, 0.05) is 54.4 Å². The first-order valence-corrected chi connectivity index (χ1v) is 11.1. The fourth-order valence-corrected chi connectivity index (χ4v) is 5.41. The molecular weight excluding hydrogens is 414 g/mol. The van der Waals surface area contributed by atoms with Gasteiger partial charge in [0.05, 0.1) is 12.1 Å². The highest BCUT2D eigenvalue weighted by atomic mass is 35.5. The second-order valence-corrected chi connectivity index (χ2v) is 8.59. The summed E-state index contributed by atoms with van der Waals surface area (Å²) in [4.78, 5) is 28.2. The van der Waals surface area contributed by atoms with Crippen LogP contribution < -0.4 is 10.9 Å². The molecule has 1 fully saturated rings. The fourth-order valence-electron chi connectivity index (χ4n) is 5.21. The van der Waals surface area contributed by atoms with Crippen LogP contribution in [0.3, 0.4) is 0 Å². The number of hydrogen-bond donors (Lipinski definition) is 2. The molecule has 31 heavy (non-hydrogen) atoms. The van der Waals surface area contributed by atoms with E-state index >= 15 is 0 Å². The number of fused-ring (bicyclic) bond motifs is 3. The number of aromatic nitrogens is 1. The van der Waals surface area contributed by atoms with Crippen molar-refractivity contribution in [2.75, 3.05) is 13.2 Å². The molecule has 3 heterocycles. The van der Waals surface area contributed by atoms with Crippen molar-refractivity contribution in [1.29, 1.82) is 0 Å². The van der Waals surface area contributed by atoms with Crippen molar-refractivity contribution in [3.05, 3.63) is 74.7 Å². The highest BCUT2D eigenvalue weighted by Gasteiger charge is 2.55. The van der Waals surface area contributed by atoms with Crippen LogP contribution in [-0.2, 0) is 17.9 Å². The molecule has 6 nitrogen and oxygen atoms in total. The summed E-state index contributed by atoms with van der Waals surface area (Å²) < 4.78 is 1.81. The molecule has 1 aromatic heterocycles. The normalized spacial score (nSPS) is 25.0. The van der Waals surface area contributed by atoms with E-state index in [0.29, 0.717) is 30.2 Å². The Hall–Kier alpha value is -2.41. The lowest BCUT2D eigenvalue weighted by Gasteiger charge is -2.31. The molecule has 2 aromatic rings. The van der Waals surface area contributed by atoms with Gasteiger partial charge in [-0.15, -0.1) is 0 Å². The number of likely N-dealkylation sites (tertiary alicyclic amines) is 1. The van der Waals surface area contributed by atoms with Crippen LogP contribution in [-0.4, -0.2) is 39.7 Å². The second-order valence-electron chi connectivity index (χ2n) is 8.19. The molecule has 4 rings (SSSR count). The van der Waals surface area contributed by atoms with Gasteiger partial charge in [-0.25, -0.2) is 0 Å². The molecule has 0 radical (unpaired) electrons. The van der Waals surface area contributed by atoms with E-state index in [1.165, 1.54) is 0 Å². The summed E-state index contributed by atoms with van der Waals surface area (Å²) in [7, 11) is 0. The standard InChI is InChI=1S/C24H28ClN3O3/c1-3-7-15-10-11-20-21-17(13-27(20)24(15)31)18(14-29)22(23(30)26-4-2)28(21)12-16-8-5-6-9-19(16)25/h3,5-11,17-18,21-22,29H,4,12-14H2,1-2H3,(H,26,30)/t17-,18-,21+,22-/m1/s1. The van der Waals surface area contributed by atoms with Gasteiger partial charge < -0.3 is 15.0 Å². The largest absolute Gasteiger partial charge is 0.396 e. The molecule has 4 atom stereocenters. The second kappa shape index (κ2) is 8.99. The highest BCUT2D eigenvalue weighted by molar-refractivity contribution is 6.31. The number of pyridine rings is 1. The molecular formula is C24H28ClN3O3. The van der Waals surface area contributed by atoms with E-state index in [0.717, 1.165) is 11.3 Å². The summed E-state index contributed by atoms with van der Waals surface area (Å²) in [6, 6.07) is 10.8. The third-order valence-corrected chi connectivity index (χ3v) is 6.87. The zero-order valence-corrected chi connectivity index (χ0v) is 18.5. The quantitative estimate of drug-likeness (QED) is 0.722. The van der Waals surface area contributed by atoms with Crippen molar-refractivity contribution in [3.8, 4) is 0 Å². The lowest BCUT2D eigenvalue weighted by molar-refractivity contribution is -0.127. The van der Waals surface area contributed by atoms with E-state index in [-0.39, 0.29) is 36.0 Å². The van der Waals surface area contributed by atoms with Crippen LogP contribution in [0.1, 0.15) is 36.7 Å². The smallest absolute Gasteiger partial charge is 0.258 e. The summed E-state index contributed by atoms with van der Waals surface area (Å²) in [6.45, 7) is 5.13. The number of allylic oxidation sites excluding steroid dienone is 1. The van der Waals surface area contributed by atoms with Crippen LogP contribution in [0, 0.1) is 11.8 Å². The number of aliphatic hydroxyl groups is 1. The number of carbonyl (C=O) groups excluding carboxylic acids is 1. The van der Waals surface area contributed by atoms with E-state index in [1.807, 2.05) is 62.4 Å². The van der Waals surface area contributed by atoms with Crippen molar-refractivity contribution in [1.82, 2.24) is 14.8 Å². The fraction of sp³-hybridized carbons (Fsp3) is 0.417. The molecule has 1 amide bonds. The molecule has 0 aliphatic carbocycles. The lowest BCUT2D eigenvalue weighted by atomic mass is 9.88. The minimum Gasteiger partial charge on any atom is -0.396 e. The Labute approximate surface area is 187 Å². The maximum Gasteiger partial charge on any atom is 0.258 e. The van der Waals surface area contributed by atoms with Crippen molar-refractivity contribution >= 4 is 23.6 Å². The Morgan fingerprint density at radius 3 is 2.74 bits per heavy atom. The van der Waals surface area contributed by atoms with Crippen LogP contribution in [0.4, 0.5) is 0 Å². The topological polar surface area (TPSA) is 74.6 Å². The summed E-state index contributed by atoms with van der Waals surface area (Å²) in [6.07, 6.45) is 3.66. The number of rotatable bonds is 6.